The molecule has 0 aliphatic carbocycles. The number of ether oxygens (including phenoxy) is 4. The van der Waals surface area contributed by atoms with E-state index in [0.29, 0.717) is 26.4 Å². The maximum atomic E-state index is 9.17. The van der Waals surface area contributed by atoms with Crippen LogP contribution in [0.5, 0.6) is 0 Å². The van der Waals surface area contributed by atoms with Crippen LogP contribution >= 0.6 is 0 Å². The second kappa shape index (κ2) is 10.5. The van der Waals surface area contributed by atoms with E-state index >= 15 is 0 Å². The van der Waals surface area contributed by atoms with Crippen molar-refractivity contribution >= 4 is 0 Å². The van der Waals surface area contributed by atoms with Gasteiger partial charge in [-0.05, 0) is 41.5 Å². The van der Waals surface area contributed by atoms with Crippen LogP contribution in [0.3, 0.4) is 0 Å². The van der Waals surface area contributed by atoms with Gasteiger partial charge in [-0.2, -0.15) is 0 Å². The Kier molecular flexibility index (Phi) is 10.4. The monoisotopic (exact) mass is 292 g/mol. The first kappa shape index (κ1) is 19.8. The van der Waals surface area contributed by atoms with Crippen LogP contribution in [0.2, 0.25) is 0 Å². The zero-order chi connectivity index (χ0) is 15.6. The molecule has 1 N–H and O–H groups in total. The summed E-state index contributed by atoms with van der Waals surface area (Å²) in [6, 6.07) is 0. The van der Waals surface area contributed by atoms with E-state index in [2.05, 4.69) is 0 Å². The van der Waals surface area contributed by atoms with Crippen molar-refractivity contribution in [2.45, 2.75) is 65.5 Å². The second-order valence-corrected chi connectivity index (χ2v) is 6.03. The second-order valence-electron chi connectivity index (χ2n) is 6.03. The molecule has 0 rings (SSSR count). The third-order valence-electron chi connectivity index (χ3n) is 2.49. The number of aliphatic hydroxyl groups is 1. The fourth-order valence-corrected chi connectivity index (χ4v) is 1.43. The first-order valence-electron chi connectivity index (χ1n) is 7.36. The molecular formula is C15H32O5. The minimum Gasteiger partial charge on any atom is -0.393 e. The van der Waals surface area contributed by atoms with Gasteiger partial charge in [-0.1, -0.05) is 0 Å². The van der Waals surface area contributed by atoms with Crippen LogP contribution in [0.1, 0.15) is 41.5 Å². The van der Waals surface area contributed by atoms with Crippen molar-refractivity contribution < 1.29 is 24.1 Å². The third-order valence-corrected chi connectivity index (χ3v) is 2.49. The molecule has 0 aliphatic rings. The average molecular weight is 292 g/mol. The van der Waals surface area contributed by atoms with Crippen LogP contribution in [0.4, 0.5) is 0 Å². The van der Waals surface area contributed by atoms with Gasteiger partial charge in [-0.15, -0.1) is 0 Å². The van der Waals surface area contributed by atoms with Crippen LogP contribution in [-0.2, 0) is 18.9 Å². The van der Waals surface area contributed by atoms with Gasteiger partial charge in [0.1, 0.15) is 6.10 Å². The SMILES string of the molecule is CC(C)OCCOCC(COC(C)(C)CO)OC(C)C. The summed E-state index contributed by atoms with van der Waals surface area (Å²) < 4.78 is 22.4. The lowest BCUT2D eigenvalue weighted by Crippen LogP contribution is -2.36. The highest BCUT2D eigenvalue weighted by molar-refractivity contribution is 4.68. The maximum absolute atomic E-state index is 9.17. The van der Waals surface area contributed by atoms with Crippen molar-refractivity contribution in [3.8, 4) is 0 Å². The van der Waals surface area contributed by atoms with E-state index in [9.17, 15) is 5.11 Å². The maximum Gasteiger partial charge on any atom is 0.104 e. The Hall–Kier alpha value is -0.200. The fourth-order valence-electron chi connectivity index (χ4n) is 1.43. The van der Waals surface area contributed by atoms with E-state index in [1.807, 2.05) is 41.5 Å². The lowest BCUT2D eigenvalue weighted by molar-refractivity contribution is -0.130. The zero-order valence-electron chi connectivity index (χ0n) is 13.8. The minimum absolute atomic E-state index is 0.0233. The van der Waals surface area contributed by atoms with E-state index in [1.54, 1.807) is 0 Å². The predicted molar refractivity (Wildman–Crippen MR) is 79.0 cm³/mol. The molecule has 0 spiro atoms. The van der Waals surface area contributed by atoms with Gasteiger partial charge in [-0.3, -0.25) is 0 Å². The largest absolute Gasteiger partial charge is 0.393 e. The highest BCUT2D eigenvalue weighted by Crippen LogP contribution is 2.10. The molecule has 0 bridgehead atoms. The van der Waals surface area contributed by atoms with E-state index in [-0.39, 0.29) is 24.9 Å². The third kappa shape index (κ3) is 11.6. The molecule has 0 saturated heterocycles. The molecule has 122 valence electrons. The highest BCUT2D eigenvalue weighted by Gasteiger charge is 2.20. The van der Waals surface area contributed by atoms with Crippen molar-refractivity contribution in [1.29, 1.82) is 0 Å². The molecule has 5 nitrogen and oxygen atoms in total. The molecule has 0 aliphatic heterocycles. The van der Waals surface area contributed by atoms with Crippen molar-refractivity contribution in [2.75, 3.05) is 33.0 Å². The average Bonchev–Trinajstić information content (AvgIpc) is 2.34. The van der Waals surface area contributed by atoms with Gasteiger partial charge in [-0.25, -0.2) is 0 Å². The standard InChI is InChI=1S/C15H32O5/c1-12(2)18-8-7-17-9-14(20-13(3)4)10-19-15(5,6)11-16/h12-14,16H,7-11H2,1-6H3. The van der Waals surface area contributed by atoms with Crippen molar-refractivity contribution in [1.82, 2.24) is 0 Å². The number of aliphatic hydroxyl groups excluding tert-OH is 1. The van der Waals surface area contributed by atoms with E-state index in [1.165, 1.54) is 0 Å². The molecule has 0 aromatic heterocycles. The first-order chi connectivity index (χ1) is 9.26. The van der Waals surface area contributed by atoms with Crippen LogP contribution < -0.4 is 0 Å². The predicted octanol–water partition coefficient (Wildman–Crippen LogP) is 2.01. The number of rotatable bonds is 12. The molecule has 0 radical (unpaired) electrons. The van der Waals surface area contributed by atoms with Crippen molar-refractivity contribution in [2.24, 2.45) is 0 Å². The molecule has 0 saturated carbocycles. The number of hydrogen-bond acceptors (Lipinski definition) is 5. The lowest BCUT2D eigenvalue weighted by atomic mass is 10.1. The van der Waals surface area contributed by atoms with Crippen LogP contribution in [0, 0.1) is 0 Å². The fraction of sp³-hybridized carbons (Fsp3) is 1.00. The smallest absolute Gasteiger partial charge is 0.104 e. The summed E-state index contributed by atoms with van der Waals surface area (Å²) in [5.41, 5.74) is -0.556. The quantitative estimate of drug-likeness (QED) is 0.558. The van der Waals surface area contributed by atoms with E-state index in [0.717, 1.165) is 0 Å². The molecule has 0 amide bonds. The summed E-state index contributed by atoms with van der Waals surface area (Å²) in [5, 5.41) is 9.17. The molecule has 20 heavy (non-hydrogen) atoms. The highest BCUT2D eigenvalue weighted by atomic mass is 16.6. The summed E-state index contributed by atoms with van der Waals surface area (Å²) in [4.78, 5) is 0. The van der Waals surface area contributed by atoms with Gasteiger partial charge >= 0.3 is 0 Å². The van der Waals surface area contributed by atoms with E-state index in [4.69, 9.17) is 18.9 Å². The Morgan fingerprint density at radius 3 is 2.10 bits per heavy atom. The van der Waals surface area contributed by atoms with Gasteiger partial charge in [0, 0.05) is 0 Å². The van der Waals surface area contributed by atoms with Crippen LogP contribution in [0.25, 0.3) is 0 Å². The Bertz CT molecular complexity index is 228. The number of hydrogen-bond donors (Lipinski definition) is 1. The summed E-state index contributed by atoms with van der Waals surface area (Å²) in [6.07, 6.45) is 0.186. The lowest BCUT2D eigenvalue weighted by Gasteiger charge is -2.27. The molecule has 0 fully saturated rings. The molecular weight excluding hydrogens is 260 g/mol. The van der Waals surface area contributed by atoms with Gasteiger partial charge in [0.15, 0.2) is 0 Å². The normalized spacial score (nSPS) is 14.2. The van der Waals surface area contributed by atoms with Crippen molar-refractivity contribution in [3.05, 3.63) is 0 Å². The van der Waals surface area contributed by atoms with Gasteiger partial charge in [0.05, 0.1) is 50.8 Å². The molecule has 1 atom stereocenters. The summed E-state index contributed by atoms with van der Waals surface area (Å²) in [7, 11) is 0. The molecule has 1 unspecified atom stereocenters. The Balaban J connectivity index is 3.96. The molecule has 5 heteroatoms. The minimum atomic E-state index is -0.556. The summed E-state index contributed by atoms with van der Waals surface area (Å²) in [6.45, 7) is 13.6. The van der Waals surface area contributed by atoms with Gasteiger partial charge in [0.2, 0.25) is 0 Å². The van der Waals surface area contributed by atoms with Crippen LogP contribution in [0.15, 0.2) is 0 Å². The Morgan fingerprint density at radius 1 is 0.950 bits per heavy atom. The summed E-state index contributed by atoms with van der Waals surface area (Å²) in [5.74, 6) is 0. The molecule has 0 heterocycles. The molecule has 0 aromatic carbocycles. The van der Waals surface area contributed by atoms with Gasteiger partial charge < -0.3 is 24.1 Å². The van der Waals surface area contributed by atoms with Crippen LogP contribution in [-0.4, -0.2) is 62.1 Å². The topological polar surface area (TPSA) is 57.2 Å². The molecule has 0 aromatic rings. The Morgan fingerprint density at radius 2 is 1.60 bits per heavy atom. The Labute approximate surface area is 123 Å². The first-order valence-corrected chi connectivity index (χ1v) is 7.36. The zero-order valence-corrected chi connectivity index (χ0v) is 13.8. The summed E-state index contributed by atoms with van der Waals surface area (Å²) >= 11 is 0. The van der Waals surface area contributed by atoms with Crippen molar-refractivity contribution in [3.63, 3.8) is 0 Å². The van der Waals surface area contributed by atoms with E-state index < -0.39 is 5.60 Å². The van der Waals surface area contributed by atoms with Gasteiger partial charge in [0.25, 0.3) is 0 Å².